The summed E-state index contributed by atoms with van der Waals surface area (Å²) in [5, 5.41) is 26.8. The van der Waals surface area contributed by atoms with Gasteiger partial charge in [0, 0.05) is 5.57 Å². The lowest BCUT2D eigenvalue weighted by Gasteiger charge is -2.15. The summed E-state index contributed by atoms with van der Waals surface area (Å²) in [6.07, 6.45) is -1.86. The summed E-state index contributed by atoms with van der Waals surface area (Å²) in [5.74, 6) is -1.12. The highest BCUT2D eigenvalue weighted by atomic mass is 16.4. The van der Waals surface area contributed by atoms with E-state index in [0.717, 1.165) is 0 Å². The zero-order valence-electron chi connectivity index (χ0n) is 7.40. The van der Waals surface area contributed by atoms with Crippen LogP contribution in [0.1, 0.15) is 20.8 Å². The normalized spacial score (nSPS) is 15.1. The second-order valence-corrected chi connectivity index (χ2v) is 2.74. The van der Waals surface area contributed by atoms with Crippen molar-refractivity contribution >= 4 is 5.97 Å². The molecule has 0 amide bonds. The van der Waals surface area contributed by atoms with Crippen LogP contribution in [0.3, 0.4) is 0 Å². The summed E-state index contributed by atoms with van der Waals surface area (Å²) in [7, 11) is 0. The third-order valence-corrected chi connectivity index (χ3v) is 1.65. The van der Waals surface area contributed by atoms with Crippen LogP contribution in [0.15, 0.2) is 11.1 Å². The van der Waals surface area contributed by atoms with Crippen LogP contribution in [0.5, 0.6) is 0 Å². The molecule has 0 aliphatic heterocycles. The first-order chi connectivity index (χ1) is 5.37. The number of carboxylic acids is 1. The number of aliphatic hydroxyl groups is 2. The molecule has 2 unspecified atom stereocenters. The van der Waals surface area contributed by atoms with Crippen molar-refractivity contribution in [2.75, 3.05) is 0 Å². The zero-order valence-corrected chi connectivity index (χ0v) is 7.40. The number of carbonyl (C=O) groups is 1. The molecule has 0 aromatic rings. The van der Waals surface area contributed by atoms with Crippen molar-refractivity contribution in [2.45, 2.75) is 33.0 Å². The van der Waals surface area contributed by atoms with Gasteiger partial charge in [-0.15, -0.1) is 0 Å². The maximum atomic E-state index is 10.5. The largest absolute Gasteiger partial charge is 0.478 e. The van der Waals surface area contributed by atoms with Crippen LogP contribution in [0.4, 0.5) is 0 Å². The van der Waals surface area contributed by atoms with Crippen LogP contribution >= 0.6 is 0 Å². The molecule has 2 atom stereocenters. The molecule has 0 radical (unpaired) electrons. The van der Waals surface area contributed by atoms with Crippen molar-refractivity contribution in [1.29, 1.82) is 0 Å². The van der Waals surface area contributed by atoms with Gasteiger partial charge in [0.15, 0.2) is 0 Å². The Morgan fingerprint density at radius 3 is 1.58 bits per heavy atom. The van der Waals surface area contributed by atoms with Gasteiger partial charge in [-0.1, -0.05) is 0 Å². The van der Waals surface area contributed by atoms with E-state index in [1.165, 1.54) is 20.8 Å². The molecule has 0 saturated heterocycles. The molecule has 0 heterocycles. The molecule has 0 aromatic carbocycles. The molecule has 0 spiro atoms. The summed E-state index contributed by atoms with van der Waals surface area (Å²) >= 11 is 0. The SMILES string of the molecule is CC(C(=O)O)=C(C(C)O)C(C)O. The molecule has 0 aliphatic rings. The van der Waals surface area contributed by atoms with Gasteiger partial charge >= 0.3 is 5.97 Å². The lowest BCUT2D eigenvalue weighted by Crippen LogP contribution is -2.21. The van der Waals surface area contributed by atoms with Gasteiger partial charge in [-0.05, 0) is 26.3 Å². The summed E-state index contributed by atoms with van der Waals surface area (Å²) in [6, 6.07) is 0. The molecule has 4 nitrogen and oxygen atoms in total. The smallest absolute Gasteiger partial charge is 0.331 e. The first kappa shape index (κ1) is 11.1. The molecule has 0 saturated carbocycles. The van der Waals surface area contributed by atoms with Gasteiger partial charge in [-0.3, -0.25) is 0 Å². The average molecular weight is 174 g/mol. The second kappa shape index (κ2) is 4.23. The molecular formula is C8H14O4. The van der Waals surface area contributed by atoms with Crippen LogP contribution in [-0.2, 0) is 4.79 Å². The first-order valence-corrected chi connectivity index (χ1v) is 3.68. The summed E-state index contributed by atoms with van der Waals surface area (Å²) in [5.41, 5.74) is 0.155. The van der Waals surface area contributed by atoms with E-state index in [4.69, 9.17) is 15.3 Å². The highest BCUT2D eigenvalue weighted by Gasteiger charge is 2.17. The minimum absolute atomic E-state index is 0.000000000000000444. The Morgan fingerprint density at radius 1 is 1.17 bits per heavy atom. The van der Waals surface area contributed by atoms with Crippen molar-refractivity contribution in [3.8, 4) is 0 Å². The lowest BCUT2D eigenvalue weighted by atomic mass is 10.0. The second-order valence-electron chi connectivity index (χ2n) is 2.74. The lowest BCUT2D eigenvalue weighted by molar-refractivity contribution is -0.132. The van der Waals surface area contributed by atoms with Crippen molar-refractivity contribution in [3.05, 3.63) is 11.1 Å². The van der Waals surface area contributed by atoms with Gasteiger partial charge in [0.05, 0.1) is 12.2 Å². The van der Waals surface area contributed by atoms with Gasteiger partial charge in [0.2, 0.25) is 0 Å². The van der Waals surface area contributed by atoms with Crippen LogP contribution in [0, 0.1) is 0 Å². The maximum Gasteiger partial charge on any atom is 0.331 e. The van der Waals surface area contributed by atoms with Crippen molar-refractivity contribution in [3.63, 3.8) is 0 Å². The quantitative estimate of drug-likeness (QED) is 0.532. The van der Waals surface area contributed by atoms with Gasteiger partial charge in [0.1, 0.15) is 0 Å². The van der Waals surface area contributed by atoms with E-state index in [1.807, 2.05) is 0 Å². The Morgan fingerprint density at radius 2 is 1.50 bits per heavy atom. The third kappa shape index (κ3) is 2.64. The topological polar surface area (TPSA) is 77.8 Å². The van der Waals surface area contributed by atoms with E-state index in [1.54, 1.807) is 0 Å². The fourth-order valence-corrected chi connectivity index (χ4v) is 1.10. The fourth-order valence-electron chi connectivity index (χ4n) is 1.10. The highest BCUT2D eigenvalue weighted by molar-refractivity contribution is 5.87. The van der Waals surface area contributed by atoms with Crippen molar-refractivity contribution in [1.82, 2.24) is 0 Å². The van der Waals surface area contributed by atoms with E-state index in [2.05, 4.69) is 0 Å². The minimum atomic E-state index is -1.12. The monoisotopic (exact) mass is 174 g/mol. The number of aliphatic hydroxyl groups excluding tert-OH is 2. The van der Waals surface area contributed by atoms with Crippen LogP contribution in [0.25, 0.3) is 0 Å². The molecule has 0 aromatic heterocycles. The Hall–Kier alpha value is -0.870. The fraction of sp³-hybridized carbons (Fsp3) is 0.625. The van der Waals surface area contributed by atoms with E-state index in [9.17, 15) is 4.79 Å². The van der Waals surface area contributed by atoms with E-state index >= 15 is 0 Å². The zero-order chi connectivity index (χ0) is 9.89. The summed E-state index contributed by atoms with van der Waals surface area (Å²) in [4.78, 5) is 10.5. The number of carboxylic acid groups (broad SMARTS) is 1. The number of aliphatic carboxylic acids is 1. The molecule has 3 N–H and O–H groups in total. The summed E-state index contributed by atoms with van der Waals surface area (Å²) in [6.45, 7) is 4.21. The highest BCUT2D eigenvalue weighted by Crippen LogP contribution is 2.13. The molecule has 4 heteroatoms. The Kier molecular flexibility index (Phi) is 3.92. The number of hydrogen-bond acceptors (Lipinski definition) is 3. The van der Waals surface area contributed by atoms with E-state index in [0.29, 0.717) is 0 Å². The summed E-state index contributed by atoms with van der Waals surface area (Å²) < 4.78 is 0. The van der Waals surface area contributed by atoms with Crippen molar-refractivity contribution in [2.24, 2.45) is 0 Å². The van der Waals surface area contributed by atoms with Crippen molar-refractivity contribution < 1.29 is 20.1 Å². The molecule has 0 bridgehead atoms. The van der Waals surface area contributed by atoms with E-state index in [-0.39, 0.29) is 11.1 Å². The molecule has 0 fully saturated rings. The van der Waals surface area contributed by atoms with E-state index < -0.39 is 18.2 Å². The Bertz CT molecular complexity index is 193. The molecular weight excluding hydrogens is 160 g/mol. The molecule has 70 valence electrons. The van der Waals surface area contributed by atoms with Gasteiger partial charge < -0.3 is 15.3 Å². The minimum Gasteiger partial charge on any atom is -0.478 e. The average Bonchev–Trinajstić information content (AvgIpc) is 1.85. The van der Waals surface area contributed by atoms with Crippen LogP contribution in [-0.4, -0.2) is 33.5 Å². The van der Waals surface area contributed by atoms with Crippen LogP contribution in [0.2, 0.25) is 0 Å². The van der Waals surface area contributed by atoms with Gasteiger partial charge in [-0.25, -0.2) is 4.79 Å². The predicted molar refractivity (Wildman–Crippen MR) is 43.7 cm³/mol. The number of hydrogen-bond donors (Lipinski definition) is 3. The Balaban J connectivity index is 4.94. The van der Waals surface area contributed by atoms with Gasteiger partial charge in [-0.2, -0.15) is 0 Å². The maximum absolute atomic E-state index is 10.5. The molecule has 0 rings (SSSR count). The standard InChI is InChI=1S/C8H14O4/c1-4(8(11)12)7(5(2)9)6(3)10/h5-6,9-10H,1-3H3,(H,11,12). The van der Waals surface area contributed by atoms with Crippen LogP contribution < -0.4 is 0 Å². The third-order valence-electron chi connectivity index (χ3n) is 1.65. The predicted octanol–water partition coefficient (Wildman–Crippen LogP) is 0.149. The number of rotatable bonds is 3. The first-order valence-electron chi connectivity index (χ1n) is 3.68. The molecule has 0 aliphatic carbocycles. The van der Waals surface area contributed by atoms with Gasteiger partial charge in [0.25, 0.3) is 0 Å². The Labute approximate surface area is 71.1 Å². The molecule has 12 heavy (non-hydrogen) atoms.